The van der Waals surface area contributed by atoms with E-state index >= 15 is 0 Å². The number of aryl methyl sites for hydroxylation is 1. The number of amides is 1. The molecule has 1 aliphatic rings. The highest BCUT2D eigenvalue weighted by Crippen LogP contribution is 2.37. The first-order chi connectivity index (χ1) is 13.3. The van der Waals surface area contributed by atoms with Crippen LogP contribution in [0.2, 0.25) is 0 Å². The number of ether oxygens (including phenoxy) is 2. The van der Waals surface area contributed by atoms with Crippen molar-refractivity contribution in [1.82, 2.24) is 9.97 Å². The smallest absolute Gasteiger partial charge is 0.307 e. The zero-order valence-corrected chi connectivity index (χ0v) is 16.9. The van der Waals surface area contributed by atoms with Crippen molar-refractivity contribution in [2.24, 2.45) is 5.92 Å². The van der Waals surface area contributed by atoms with Gasteiger partial charge < -0.3 is 19.8 Å². The van der Waals surface area contributed by atoms with Crippen molar-refractivity contribution in [3.63, 3.8) is 0 Å². The quantitative estimate of drug-likeness (QED) is 0.649. The number of aromatic nitrogens is 2. The zero-order chi connectivity index (χ0) is 20.1. The highest BCUT2D eigenvalue weighted by molar-refractivity contribution is 7.14. The molecule has 1 aromatic carbocycles. The van der Waals surface area contributed by atoms with E-state index in [0.29, 0.717) is 5.13 Å². The first-order valence-electron chi connectivity index (χ1n) is 8.93. The number of rotatable bonds is 4. The third kappa shape index (κ3) is 3.13. The van der Waals surface area contributed by atoms with Gasteiger partial charge in [-0.3, -0.25) is 9.59 Å². The average molecular weight is 399 g/mol. The van der Waals surface area contributed by atoms with Crippen LogP contribution in [0, 0.1) is 12.8 Å². The fraction of sp³-hybridized carbons (Fsp3) is 0.350. The fourth-order valence-electron chi connectivity index (χ4n) is 3.63. The van der Waals surface area contributed by atoms with Gasteiger partial charge in [0.25, 0.3) is 0 Å². The molecule has 2 N–H and O–H groups in total. The predicted octanol–water partition coefficient (Wildman–Crippen LogP) is 3.89. The summed E-state index contributed by atoms with van der Waals surface area (Å²) in [6.45, 7) is 5.49. The number of hydrogen-bond donors (Lipinski definition) is 2. The summed E-state index contributed by atoms with van der Waals surface area (Å²) < 4.78 is 10.6. The standard InChI is InChI=1S/C20H21N3O4S/c1-10-17(12-7-11(26-4)5-6-14(12)21-10)15-9-28-19(22-15)23-18(25)13-8-16(24)27-20(13,2)3/h5-7,9,13,21H,8H2,1-4H3,(H,22,23,25)/t13-/m0/s1. The highest BCUT2D eigenvalue weighted by Gasteiger charge is 2.46. The number of methoxy groups -OCH3 is 1. The highest BCUT2D eigenvalue weighted by atomic mass is 32.1. The summed E-state index contributed by atoms with van der Waals surface area (Å²) in [7, 11) is 1.63. The van der Waals surface area contributed by atoms with E-state index in [1.165, 1.54) is 11.3 Å². The van der Waals surface area contributed by atoms with E-state index in [0.717, 1.165) is 33.6 Å². The SMILES string of the molecule is COc1ccc2[nH]c(C)c(-c3csc(NC(=O)[C@@H]4CC(=O)OC4(C)C)n3)c2c1. The Kier molecular flexibility index (Phi) is 4.38. The molecule has 146 valence electrons. The van der Waals surface area contributed by atoms with Crippen molar-refractivity contribution < 1.29 is 19.1 Å². The maximum absolute atomic E-state index is 12.6. The molecule has 0 bridgehead atoms. The normalized spacial score (nSPS) is 18.3. The Morgan fingerprint density at radius 1 is 1.43 bits per heavy atom. The van der Waals surface area contributed by atoms with Crippen LogP contribution in [0.4, 0.5) is 5.13 Å². The Hall–Kier alpha value is -2.87. The Morgan fingerprint density at radius 3 is 2.89 bits per heavy atom. The van der Waals surface area contributed by atoms with E-state index in [2.05, 4.69) is 15.3 Å². The Labute approximate surface area is 166 Å². The van der Waals surface area contributed by atoms with E-state index in [4.69, 9.17) is 9.47 Å². The predicted molar refractivity (Wildman–Crippen MR) is 108 cm³/mol. The van der Waals surface area contributed by atoms with Crippen molar-refractivity contribution in [1.29, 1.82) is 0 Å². The number of thiazole rings is 1. The third-order valence-corrected chi connectivity index (χ3v) is 5.84. The molecule has 3 heterocycles. The number of cyclic esters (lactones) is 1. The van der Waals surface area contributed by atoms with Crippen LogP contribution in [0.3, 0.4) is 0 Å². The number of anilines is 1. The maximum atomic E-state index is 12.6. The number of nitrogens with one attached hydrogen (secondary N) is 2. The summed E-state index contributed by atoms with van der Waals surface area (Å²) in [5.41, 5.74) is 2.92. The van der Waals surface area contributed by atoms with Gasteiger partial charge >= 0.3 is 5.97 Å². The first-order valence-corrected chi connectivity index (χ1v) is 9.81. The summed E-state index contributed by atoms with van der Waals surface area (Å²) in [6.07, 6.45) is 0.0818. The molecule has 4 rings (SSSR count). The van der Waals surface area contributed by atoms with Crippen molar-refractivity contribution in [3.8, 4) is 17.0 Å². The van der Waals surface area contributed by atoms with Crippen molar-refractivity contribution in [2.75, 3.05) is 12.4 Å². The minimum absolute atomic E-state index is 0.0818. The van der Waals surface area contributed by atoms with E-state index in [1.54, 1.807) is 21.0 Å². The largest absolute Gasteiger partial charge is 0.497 e. The van der Waals surface area contributed by atoms with Crippen LogP contribution in [0.5, 0.6) is 5.75 Å². The van der Waals surface area contributed by atoms with Crippen LogP contribution in [-0.4, -0.2) is 34.6 Å². The second-order valence-electron chi connectivity index (χ2n) is 7.40. The van der Waals surface area contributed by atoms with Crippen molar-refractivity contribution >= 4 is 39.2 Å². The lowest BCUT2D eigenvalue weighted by atomic mass is 9.90. The average Bonchev–Trinajstić information content (AvgIpc) is 3.28. The molecule has 2 aromatic heterocycles. The number of carbonyl (C=O) groups excluding carboxylic acids is 2. The molecule has 0 spiro atoms. The molecule has 7 nitrogen and oxygen atoms in total. The summed E-state index contributed by atoms with van der Waals surface area (Å²) in [5.74, 6) is -0.376. The van der Waals surface area contributed by atoms with Gasteiger partial charge in [-0.2, -0.15) is 0 Å². The number of esters is 1. The number of aromatic amines is 1. The van der Waals surface area contributed by atoms with E-state index in [1.807, 2.05) is 30.5 Å². The van der Waals surface area contributed by atoms with Gasteiger partial charge in [-0.25, -0.2) is 4.98 Å². The van der Waals surface area contributed by atoms with Crippen molar-refractivity contribution in [2.45, 2.75) is 32.8 Å². The van der Waals surface area contributed by atoms with Gasteiger partial charge in [0, 0.05) is 27.5 Å². The lowest BCUT2D eigenvalue weighted by Crippen LogP contribution is -2.36. The van der Waals surface area contributed by atoms with Gasteiger partial charge in [0.1, 0.15) is 11.4 Å². The van der Waals surface area contributed by atoms with E-state index in [-0.39, 0.29) is 18.3 Å². The molecule has 8 heteroatoms. The summed E-state index contributed by atoms with van der Waals surface area (Å²) >= 11 is 1.35. The molecule has 0 unspecified atom stereocenters. The number of carbonyl (C=O) groups is 2. The van der Waals surface area contributed by atoms with Gasteiger partial charge in [0.15, 0.2) is 5.13 Å². The topological polar surface area (TPSA) is 93.3 Å². The lowest BCUT2D eigenvalue weighted by molar-refractivity contribution is -0.147. The van der Waals surface area contributed by atoms with Crippen LogP contribution in [0.15, 0.2) is 23.6 Å². The van der Waals surface area contributed by atoms with E-state index in [9.17, 15) is 9.59 Å². The van der Waals surface area contributed by atoms with Crippen molar-refractivity contribution in [3.05, 3.63) is 29.3 Å². The molecule has 1 aliphatic heterocycles. The monoisotopic (exact) mass is 399 g/mol. The Bertz CT molecular complexity index is 1080. The molecule has 0 saturated carbocycles. The minimum atomic E-state index is -0.814. The van der Waals surface area contributed by atoms with Gasteiger partial charge in [-0.1, -0.05) is 0 Å². The first kappa shape index (κ1) is 18.5. The van der Waals surface area contributed by atoms with Gasteiger partial charge in [-0.05, 0) is 39.0 Å². The minimum Gasteiger partial charge on any atom is -0.497 e. The molecule has 1 amide bonds. The summed E-state index contributed by atoms with van der Waals surface area (Å²) in [4.78, 5) is 32.2. The molecule has 3 aromatic rings. The number of nitrogens with zero attached hydrogens (tertiary/aromatic N) is 1. The van der Waals surface area contributed by atoms with Crippen LogP contribution in [0.1, 0.15) is 26.0 Å². The zero-order valence-electron chi connectivity index (χ0n) is 16.1. The van der Waals surface area contributed by atoms with Crippen LogP contribution < -0.4 is 10.1 Å². The Morgan fingerprint density at radius 2 is 2.21 bits per heavy atom. The lowest BCUT2D eigenvalue weighted by Gasteiger charge is -2.23. The summed E-state index contributed by atoms with van der Waals surface area (Å²) in [6, 6.07) is 5.84. The number of fused-ring (bicyclic) bond motifs is 1. The Balaban J connectivity index is 1.62. The second kappa shape index (κ2) is 6.63. The molecule has 1 atom stereocenters. The van der Waals surface area contributed by atoms with Gasteiger partial charge in [0.2, 0.25) is 5.91 Å². The van der Waals surface area contributed by atoms with Crippen LogP contribution >= 0.6 is 11.3 Å². The number of H-pyrrole nitrogens is 1. The second-order valence-corrected chi connectivity index (χ2v) is 8.26. The molecule has 0 aliphatic carbocycles. The molecule has 1 saturated heterocycles. The van der Waals surface area contributed by atoms with Crippen LogP contribution in [-0.2, 0) is 14.3 Å². The fourth-order valence-corrected chi connectivity index (χ4v) is 4.33. The van der Waals surface area contributed by atoms with Gasteiger partial charge in [-0.15, -0.1) is 11.3 Å². The summed E-state index contributed by atoms with van der Waals surface area (Å²) in [5, 5.41) is 6.25. The van der Waals surface area contributed by atoms with E-state index < -0.39 is 11.5 Å². The molecule has 0 radical (unpaired) electrons. The molecule has 1 fully saturated rings. The molecule has 28 heavy (non-hydrogen) atoms. The number of benzene rings is 1. The molecular formula is C20H21N3O4S. The third-order valence-electron chi connectivity index (χ3n) is 5.09. The maximum Gasteiger partial charge on any atom is 0.307 e. The number of hydrogen-bond acceptors (Lipinski definition) is 6. The van der Waals surface area contributed by atoms with Crippen LogP contribution in [0.25, 0.3) is 22.2 Å². The molecular weight excluding hydrogens is 378 g/mol. The van der Waals surface area contributed by atoms with Gasteiger partial charge in [0.05, 0.1) is 25.1 Å².